The zero-order chi connectivity index (χ0) is 15.0. The van der Waals surface area contributed by atoms with Gasteiger partial charge in [0, 0.05) is 4.47 Å². The Morgan fingerprint density at radius 2 is 1.95 bits per heavy atom. The van der Waals surface area contributed by atoms with Gasteiger partial charge in [0.15, 0.2) is 5.03 Å². The number of benzene rings is 1. The molecule has 10 heteroatoms. The fraction of sp³-hybridized carbons (Fsp3) is 0.100. The molecule has 1 heterocycles. The minimum absolute atomic E-state index is 0.106. The largest absolute Gasteiger partial charge is 0.416 e. The van der Waals surface area contributed by atoms with Crippen LogP contribution >= 0.6 is 15.9 Å². The predicted molar refractivity (Wildman–Crippen MR) is 68.5 cm³/mol. The zero-order valence-electron chi connectivity index (χ0n) is 9.57. The summed E-state index contributed by atoms with van der Waals surface area (Å²) in [4.78, 5) is 0. The van der Waals surface area contributed by atoms with Crippen molar-refractivity contribution in [3.05, 3.63) is 40.5 Å². The van der Waals surface area contributed by atoms with E-state index >= 15 is 0 Å². The Morgan fingerprint density at radius 1 is 1.25 bits per heavy atom. The molecule has 2 N–H and O–H groups in total. The first-order chi connectivity index (χ1) is 9.18. The van der Waals surface area contributed by atoms with E-state index < -0.39 is 21.8 Å². The normalized spacial score (nSPS) is 12.4. The maximum absolute atomic E-state index is 12.6. The lowest BCUT2D eigenvalue weighted by molar-refractivity contribution is -0.137. The number of nitrogens with zero attached hydrogens (tertiary/aromatic N) is 1. The number of halogens is 4. The molecule has 0 amide bonds. The van der Waals surface area contributed by atoms with Crippen LogP contribution in [0.5, 0.6) is 0 Å². The molecule has 0 spiro atoms. The van der Waals surface area contributed by atoms with Crippen LogP contribution in [0.2, 0.25) is 0 Å². The van der Waals surface area contributed by atoms with E-state index in [1.54, 1.807) is 0 Å². The Kier molecular flexibility index (Phi) is 3.78. The van der Waals surface area contributed by atoms with Crippen molar-refractivity contribution in [1.82, 2.24) is 10.2 Å². The molecule has 0 bridgehead atoms. The van der Waals surface area contributed by atoms with E-state index in [-0.39, 0.29) is 15.2 Å². The molecule has 5 nitrogen and oxygen atoms in total. The summed E-state index contributed by atoms with van der Waals surface area (Å²) in [6, 6.07) is 3.97. The number of hydrogen-bond donors (Lipinski definition) is 2. The number of anilines is 1. The summed E-state index contributed by atoms with van der Waals surface area (Å²) in [7, 11) is -4.01. The van der Waals surface area contributed by atoms with Crippen molar-refractivity contribution in [3.63, 3.8) is 0 Å². The van der Waals surface area contributed by atoms with Gasteiger partial charge < -0.3 is 0 Å². The van der Waals surface area contributed by atoms with E-state index in [1.165, 1.54) is 18.3 Å². The fourth-order valence-corrected chi connectivity index (χ4v) is 2.86. The molecule has 2 rings (SSSR count). The van der Waals surface area contributed by atoms with Crippen LogP contribution in [-0.4, -0.2) is 18.6 Å². The maximum atomic E-state index is 12.6. The number of sulfonamides is 1. The first-order valence-electron chi connectivity index (χ1n) is 5.08. The van der Waals surface area contributed by atoms with Crippen LogP contribution in [0, 0.1) is 0 Å². The highest BCUT2D eigenvalue weighted by molar-refractivity contribution is 9.10. The van der Waals surface area contributed by atoms with Crippen LogP contribution in [0.1, 0.15) is 5.56 Å². The minimum Gasteiger partial charge on any atom is -0.278 e. The van der Waals surface area contributed by atoms with Gasteiger partial charge in [0.1, 0.15) is 0 Å². The first-order valence-corrected chi connectivity index (χ1v) is 7.36. The molecular weight excluding hydrogens is 363 g/mol. The fourth-order valence-electron chi connectivity index (χ4n) is 1.42. The summed E-state index contributed by atoms with van der Waals surface area (Å²) < 4.78 is 63.8. The average Bonchev–Trinajstić information content (AvgIpc) is 2.79. The second kappa shape index (κ2) is 5.09. The Hall–Kier alpha value is -1.55. The van der Waals surface area contributed by atoms with Crippen molar-refractivity contribution < 1.29 is 21.6 Å². The number of nitrogens with one attached hydrogen (secondary N) is 2. The summed E-state index contributed by atoms with van der Waals surface area (Å²) in [5.74, 6) is 0. The number of H-pyrrole nitrogens is 1. The number of rotatable bonds is 3. The minimum atomic E-state index is -4.57. The molecule has 0 aliphatic carbocycles. The number of hydrogen-bond acceptors (Lipinski definition) is 3. The molecule has 0 fully saturated rings. The molecule has 0 unspecified atom stereocenters. The molecule has 108 valence electrons. The van der Waals surface area contributed by atoms with Gasteiger partial charge in [-0.15, -0.1) is 0 Å². The summed E-state index contributed by atoms with van der Waals surface area (Å²) in [5.41, 5.74) is -1.17. The first kappa shape index (κ1) is 14.9. The van der Waals surface area contributed by atoms with Gasteiger partial charge >= 0.3 is 6.18 Å². The van der Waals surface area contributed by atoms with Crippen molar-refractivity contribution in [1.29, 1.82) is 0 Å². The van der Waals surface area contributed by atoms with E-state index in [4.69, 9.17) is 0 Å². The molecule has 1 aromatic heterocycles. The highest BCUT2D eigenvalue weighted by Crippen LogP contribution is 2.33. The van der Waals surface area contributed by atoms with Crippen molar-refractivity contribution in [2.75, 3.05) is 4.72 Å². The van der Waals surface area contributed by atoms with Crippen molar-refractivity contribution in [2.45, 2.75) is 11.2 Å². The highest BCUT2D eigenvalue weighted by atomic mass is 79.9. The summed E-state index contributed by atoms with van der Waals surface area (Å²) in [5, 5.41) is 5.45. The number of aromatic nitrogens is 2. The van der Waals surface area contributed by atoms with Crippen LogP contribution < -0.4 is 4.72 Å². The average molecular weight is 370 g/mol. The Bertz CT molecular complexity index is 714. The standard InChI is InChI=1S/C10H7BrF3N3O2S/c11-7-3-6(10(12,13)14)4-8(5-7)17-20(18,19)9-1-2-15-16-9/h1-5,17H,(H,15,16). The molecule has 0 radical (unpaired) electrons. The van der Waals surface area contributed by atoms with Crippen LogP contribution in [-0.2, 0) is 16.2 Å². The second-order valence-corrected chi connectivity index (χ2v) is 6.32. The molecule has 0 atom stereocenters. The van der Waals surface area contributed by atoms with E-state index in [1.807, 2.05) is 4.72 Å². The summed E-state index contributed by atoms with van der Waals surface area (Å²) in [6.07, 6.45) is -3.35. The van der Waals surface area contributed by atoms with Gasteiger partial charge in [0.2, 0.25) is 0 Å². The lowest BCUT2D eigenvalue weighted by Crippen LogP contribution is -2.14. The van der Waals surface area contributed by atoms with E-state index in [0.717, 1.165) is 6.07 Å². The molecule has 0 saturated heterocycles. The van der Waals surface area contributed by atoms with Crippen molar-refractivity contribution in [2.24, 2.45) is 0 Å². The zero-order valence-corrected chi connectivity index (χ0v) is 12.0. The Labute approximate surface area is 120 Å². The van der Waals surface area contributed by atoms with Gasteiger partial charge in [-0.1, -0.05) is 15.9 Å². The van der Waals surface area contributed by atoms with E-state index in [0.29, 0.717) is 6.07 Å². The molecule has 0 aliphatic rings. The number of alkyl halides is 3. The monoisotopic (exact) mass is 369 g/mol. The molecule has 2 aromatic rings. The molecule has 0 saturated carbocycles. The van der Waals surface area contributed by atoms with E-state index in [2.05, 4.69) is 26.1 Å². The van der Waals surface area contributed by atoms with Crippen molar-refractivity contribution in [3.8, 4) is 0 Å². The molecule has 0 aliphatic heterocycles. The summed E-state index contributed by atoms with van der Waals surface area (Å²) in [6.45, 7) is 0. The molecule has 1 aromatic carbocycles. The Morgan fingerprint density at radius 3 is 2.50 bits per heavy atom. The van der Waals surface area contributed by atoms with Gasteiger partial charge in [-0.05, 0) is 24.3 Å². The van der Waals surface area contributed by atoms with Gasteiger partial charge in [-0.25, -0.2) is 0 Å². The lowest BCUT2D eigenvalue weighted by atomic mass is 10.2. The molecule has 20 heavy (non-hydrogen) atoms. The van der Waals surface area contributed by atoms with Gasteiger partial charge in [-0.2, -0.15) is 26.7 Å². The quantitative estimate of drug-likeness (QED) is 0.873. The van der Waals surface area contributed by atoms with Gasteiger partial charge in [0.05, 0.1) is 17.4 Å². The number of aromatic amines is 1. The van der Waals surface area contributed by atoms with Crippen LogP contribution in [0.25, 0.3) is 0 Å². The second-order valence-electron chi connectivity index (χ2n) is 3.75. The van der Waals surface area contributed by atoms with Gasteiger partial charge in [0.25, 0.3) is 10.0 Å². The third kappa shape index (κ3) is 3.31. The van der Waals surface area contributed by atoms with Gasteiger partial charge in [-0.3, -0.25) is 9.82 Å². The predicted octanol–water partition coefficient (Wildman–Crippen LogP) is 2.99. The maximum Gasteiger partial charge on any atom is 0.416 e. The van der Waals surface area contributed by atoms with Crippen LogP contribution in [0.15, 0.2) is 40.0 Å². The summed E-state index contributed by atoms with van der Waals surface area (Å²) >= 11 is 2.91. The lowest BCUT2D eigenvalue weighted by Gasteiger charge is -2.11. The third-order valence-corrected chi connectivity index (χ3v) is 4.01. The van der Waals surface area contributed by atoms with E-state index in [9.17, 15) is 21.6 Å². The third-order valence-electron chi connectivity index (χ3n) is 2.24. The van der Waals surface area contributed by atoms with Crippen LogP contribution in [0.4, 0.5) is 18.9 Å². The SMILES string of the molecule is O=S(=O)(Nc1cc(Br)cc(C(F)(F)F)c1)c1ccn[nH]1. The highest BCUT2D eigenvalue weighted by Gasteiger charge is 2.31. The smallest absolute Gasteiger partial charge is 0.278 e. The van der Waals surface area contributed by atoms with Crippen molar-refractivity contribution >= 4 is 31.6 Å². The Balaban J connectivity index is 2.38. The topological polar surface area (TPSA) is 74.8 Å². The van der Waals surface area contributed by atoms with Crippen LogP contribution in [0.3, 0.4) is 0 Å². The molecular formula is C10H7BrF3N3O2S.